The van der Waals surface area contributed by atoms with Crippen LogP contribution in [0.15, 0.2) is 83.1 Å². The first-order valence-corrected chi connectivity index (χ1v) is 16.2. The van der Waals surface area contributed by atoms with Crippen LogP contribution in [0.5, 0.6) is 11.5 Å². The summed E-state index contributed by atoms with van der Waals surface area (Å²) in [6.45, 7) is 6.23. The molecule has 1 aliphatic rings. The summed E-state index contributed by atoms with van der Waals surface area (Å²) in [7, 11) is -5.12. The highest BCUT2D eigenvalue weighted by atomic mass is 35.5. The molecule has 0 saturated carbocycles. The van der Waals surface area contributed by atoms with Gasteiger partial charge in [-0.15, -0.1) is 6.58 Å². The van der Waals surface area contributed by atoms with Gasteiger partial charge in [-0.3, -0.25) is 14.4 Å². The first-order chi connectivity index (χ1) is 20.0. The molecule has 3 aromatic rings. The molecule has 1 fully saturated rings. The molecule has 1 unspecified atom stereocenters. The Balaban J connectivity index is 1.61. The molecule has 11 nitrogen and oxygen atoms in total. The van der Waals surface area contributed by atoms with Crippen molar-refractivity contribution in [2.45, 2.75) is 15.2 Å². The van der Waals surface area contributed by atoms with E-state index in [9.17, 15) is 21.6 Å². The second kappa shape index (κ2) is 13.1. The number of methoxy groups -OCH3 is 2. The predicted molar refractivity (Wildman–Crippen MR) is 162 cm³/mol. The molecule has 0 aliphatic carbocycles. The fourth-order valence-corrected chi connectivity index (χ4v) is 7.29. The topological polar surface area (TPSA) is 143 Å². The molecule has 0 bridgehead atoms. The number of ether oxygens (including phenoxy) is 2. The lowest BCUT2D eigenvalue weighted by atomic mass is 10.1. The molecule has 224 valence electrons. The fourth-order valence-electron chi connectivity index (χ4n) is 4.44. The number of rotatable bonds is 11. The quantitative estimate of drug-likeness (QED) is 0.270. The van der Waals surface area contributed by atoms with Crippen molar-refractivity contribution < 1.29 is 31.1 Å². The van der Waals surface area contributed by atoms with E-state index in [1.54, 1.807) is 0 Å². The highest BCUT2D eigenvalue weighted by Crippen LogP contribution is 2.35. The van der Waals surface area contributed by atoms with E-state index in [0.29, 0.717) is 31.2 Å². The van der Waals surface area contributed by atoms with Crippen LogP contribution < -0.4 is 24.8 Å². The van der Waals surface area contributed by atoms with Gasteiger partial charge in [0.1, 0.15) is 5.37 Å². The average molecular weight is 635 g/mol. The van der Waals surface area contributed by atoms with E-state index in [2.05, 4.69) is 21.9 Å². The van der Waals surface area contributed by atoms with Crippen LogP contribution in [0.1, 0.15) is 10.4 Å². The van der Waals surface area contributed by atoms with Crippen molar-refractivity contribution in [3.8, 4) is 11.5 Å². The summed E-state index contributed by atoms with van der Waals surface area (Å²) in [6, 6.07) is 13.9. The molecular weight excluding hydrogens is 604 g/mol. The third-order valence-corrected chi connectivity index (χ3v) is 10.3. The summed E-state index contributed by atoms with van der Waals surface area (Å²) in [6.07, 6.45) is 1.42. The lowest BCUT2D eigenvalue weighted by molar-refractivity contribution is 0.102. The lowest BCUT2D eigenvalue weighted by Gasteiger charge is -2.32. The number of sulfone groups is 1. The molecule has 0 radical (unpaired) electrons. The van der Waals surface area contributed by atoms with Crippen molar-refractivity contribution in [2.75, 3.05) is 50.4 Å². The van der Waals surface area contributed by atoms with Gasteiger partial charge in [-0.05, 0) is 54.6 Å². The van der Waals surface area contributed by atoms with Crippen molar-refractivity contribution >= 4 is 48.7 Å². The number of nitrogens with one attached hydrogen (secondary N) is 3. The Morgan fingerprint density at radius 1 is 0.952 bits per heavy atom. The molecule has 1 saturated heterocycles. The Morgan fingerprint density at radius 3 is 2.10 bits per heavy atom. The van der Waals surface area contributed by atoms with E-state index in [-0.39, 0.29) is 38.2 Å². The Bertz CT molecular complexity index is 1660. The van der Waals surface area contributed by atoms with E-state index in [4.69, 9.17) is 21.1 Å². The van der Waals surface area contributed by atoms with Gasteiger partial charge in [-0.1, -0.05) is 17.7 Å². The molecule has 3 N–H and O–H groups in total. The smallest absolute Gasteiger partial charge is 0.261 e. The number of piperazine rings is 1. The average Bonchev–Trinajstić information content (AvgIpc) is 2.98. The van der Waals surface area contributed by atoms with Crippen LogP contribution in [0.4, 0.5) is 11.4 Å². The number of sulfonamides is 1. The summed E-state index contributed by atoms with van der Waals surface area (Å²) >= 11 is 5.89. The van der Waals surface area contributed by atoms with Crippen LogP contribution in [0.2, 0.25) is 5.02 Å². The van der Waals surface area contributed by atoms with Crippen LogP contribution in [0, 0.1) is 0 Å². The van der Waals surface area contributed by atoms with Crippen LogP contribution in [0.25, 0.3) is 0 Å². The van der Waals surface area contributed by atoms with Gasteiger partial charge in [0.15, 0.2) is 21.3 Å². The number of benzene rings is 3. The minimum absolute atomic E-state index is 0.0627. The first-order valence-electron chi connectivity index (χ1n) is 12.8. The van der Waals surface area contributed by atoms with Crippen molar-refractivity contribution in [1.29, 1.82) is 0 Å². The minimum Gasteiger partial charge on any atom is -0.493 e. The number of hydrogen-bond acceptors (Lipinski definition) is 9. The normalized spacial score (nSPS) is 14.9. The van der Waals surface area contributed by atoms with Crippen LogP contribution in [-0.4, -0.2) is 73.4 Å². The monoisotopic (exact) mass is 634 g/mol. The number of anilines is 2. The summed E-state index contributed by atoms with van der Waals surface area (Å²) < 4.78 is 65.9. The molecule has 1 aliphatic heterocycles. The number of nitrogens with zero attached hydrogens (tertiary/aromatic N) is 1. The van der Waals surface area contributed by atoms with Gasteiger partial charge in [0.05, 0.1) is 35.3 Å². The Kier molecular flexibility index (Phi) is 9.79. The standard InChI is InChI=1S/C28H31ClN4O7S2/c1-4-27(33-15-13-30-14-16-33)41(35,36)21-11-7-20(8-12-21)31-28(34)23-17-25(39-2)26(40-3)18-24(23)32-42(37,38)22-9-5-19(29)6-10-22/h4-12,17-18,27,30,32H,1,13-16H2,2-3H3,(H,31,34). The molecule has 42 heavy (non-hydrogen) atoms. The van der Waals surface area contributed by atoms with E-state index in [1.165, 1.54) is 81.0 Å². The number of carbonyl (C=O) groups excluding carboxylic acids is 1. The third kappa shape index (κ3) is 6.88. The van der Waals surface area contributed by atoms with Gasteiger partial charge in [0.25, 0.3) is 15.9 Å². The maximum Gasteiger partial charge on any atom is 0.261 e. The predicted octanol–water partition coefficient (Wildman–Crippen LogP) is 3.60. The molecule has 1 atom stereocenters. The Labute approximate surface area is 250 Å². The van der Waals surface area contributed by atoms with Crippen molar-refractivity contribution in [1.82, 2.24) is 10.2 Å². The number of hydrogen-bond donors (Lipinski definition) is 3. The van der Waals surface area contributed by atoms with Crippen LogP contribution >= 0.6 is 11.6 Å². The maximum absolute atomic E-state index is 13.4. The zero-order valence-electron chi connectivity index (χ0n) is 23.0. The summed E-state index contributed by atoms with van der Waals surface area (Å²) in [5.41, 5.74) is 0.161. The van der Waals surface area contributed by atoms with Gasteiger partial charge in [-0.25, -0.2) is 16.8 Å². The van der Waals surface area contributed by atoms with Gasteiger partial charge in [-0.2, -0.15) is 0 Å². The van der Waals surface area contributed by atoms with Crippen molar-refractivity contribution in [3.05, 3.63) is 83.9 Å². The number of halogens is 1. The largest absolute Gasteiger partial charge is 0.493 e. The SMILES string of the molecule is C=CC(N1CCNCC1)S(=O)(=O)c1ccc(NC(=O)c2cc(OC)c(OC)cc2NS(=O)(=O)c2ccc(Cl)cc2)cc1. The zero-order valence-corrected chi connectivity index (χ0v) is 25.4. The Morgan fingerprint density at radius 2 is 1.52 bits per heavy atom. The highest BCUT2D eigenvalue weighted by molar-refractivity contribution is 7.92. The van der Waals surface area contributed by atoms with Gasteiger partial charge in [0, 0.05) is 43.0 Å². The molecule has 3 aromatic carbocycles. The second-order valence-electron chi connectivity index (χ2n) is 9.25. The van der Waals surface area contributed by atoms with Crippen LogP contribution in [-0.2, 0) is 19.9 Å². The van der Waals surface area contributed by atoms with Crippen LogP contribution in [0.3, 0.4) is 0 Å². The highest BCUT2D eigenvalue weighted by Gasteiger charge is 2.31. The second-order valence-corrected chi connectivity index (χ2v) is 13.4. The minimum atomic E-state index is -4.11. The lowest BCUT2D eigenvalue weighted by Crippen LogP contribution is -2.50. The summed E-state index contributed by atoms with van der Waals surface area (Å²) in [5.74, 6) is -0.286. The molecule has 1 amide bonds. The summed E-state index contributed by atoms with van der Waals surface area (Å²) in [4.78, 5) is 15.3. The van der Waals surface area contributed by atoms with Gasteiger partial charge >= 0.3 is 0 Å². The van der Waals surface area contributed by atoms with E-state index in [0.717, 1.165) is 0 Å². The van der Waals surface area contributed by atoms with Crippen molar-refractivity contribution in [3.63, 3.8) is 0 Å². The molecule has 14 heteroatoms. The molecule has 0 spiro atoms. The molecule has 4 rings (SSSR count). The van der Waals surface area contributed by atoms with Gasteiger partial charge < -0.3 is 20.1 Å². The zero-order chi connectivity index (χ0) is 30.5. The summed E-state index contributed by atoms with van der Waals surface area (Å²) in [5, 5.41) is 5.36. The van der Waals surface area contributed by atoms with E-state index in [1.807, 2.05) is 4.90 Å². The van der Waals surface area contributed by atoms with E-state index >= 15 is 0 Å². The molecule has 1 heterocycles. The molecular formula is C28H31ClN4O7S2. The third-order valence-electron chi connectivity index (χ3n) is 6.61. The van der Waals surface area contributed by atoms with Gasteiger partial charge in [0.2, 0.25) is 0 Å². The van der Waals surface area contributed by atoms with Crippen molar-refractivity contribution in [2.24, 2.45) is 0 Å². The van der Waals surface area contributed by atoms with E-state index < -0.39 is 31.1 Å². The molecule has 0 aromatic heterocycles. The first kappa shape index (κ1) is 31.3. The Hall–Kier alpha value is -3.62. The number of amides is 1. The fraction of sp³-hybridized carbons (Fsp3) is 0.250. The number of carbonyl (C=O) groups is 1. The maximum atomic E-state index is 13.4.